The van der Waals surface area contributed by atoms with E-state index in [2.05, 4.69) is 10.5 Å². The van der Waals surface area contributed by atoms with E-state index in [4.69, 9.17) is 25.8 Å². The van der Waals surface area contributed by atoms with Gasteiger partial charge in [0.1, 0.15) is 24.1 Å². The number of ether oxygens (including phenoxy) is 3. The normalized spacial score (nSPS) is 12.0. The maximum atomic E-state index is 13.0. The lowest BCUT2D eigenvalue weighted by molar-refractivity contribution is -0.121. The number of carbonyl (C=O) groups excluding carboxylic acids is 1. The van der Waals surface area contributed by atoms with Crippen molar-refractivity contribution >= 4 is 39.4 Å². The number of carbonyl (C=O) groups is 1. The highest BCUT2D eigenvalue weighted by Crippen LogP contribution is 2.29. The number of nitrogens with one attached hydrogen (secondary N) is 1. The standard InChI is InChI=1S/C32H32ClN3O6S/c1-4-40-31-20-25(12-19-30(31)41-22-24-10-13-26(33)14-11-24)21-34-35-32(37)23(2)36(43(3,38)39)27-15-17-29(18-16-27)42-28-8-6-5-7-9-28/h5-21,23H,4,22H2,1-3H3,(H,35,37)/b34-21-/t23-/m0/s1. The molecule has 4 rings (SSSR count). The number of halogens is 1. The summed E-state index contributed by atoms with van der Waals surface area (Å²) in [7, 11) is -3.81. The average Bonchev–Trinajstić information content (AvgIpc) is 2.98. The second-order valence-corrected chi connectivity index (χ2v) is 11.7. The summed E-state index contributed by atoms with van der Waals surface area (Å²) in [4.78, 5) is 13.0. The summed E-state index contributed by atoms with van der Waals surface area (Å²) in [5.74, 6) is 1.63. The van der Waals surface area contributed by atoms with Crippen molar-refractivity contribution in [1.29, 1.82) is 0 Å². The van der Waals surface area contributed by atoms with Gasteiger partial charge in [-0.1, -0.05) is 41.9 Å². The van der Waals surface area contributed by atoms with Crippen LogP contribution in [0.2, 0.25) is 5.02 Å². The van der Waals surface area contributed by atoms with Crippen molar-refractivity contribution in [2.75, 3.05) is 17.2 Å². The van der Waals surface area contributed by atoms with Crippen LogP contribution in [0.4, 0.5) is 5.69 Å². The first-order valence-corrected chi connectivity index (χ1v) is 15.7. The van der Waals surface area contributed by atoms with E-state index in [1.807, 2.05) is 49.4 Å². The summed E-state index contributed by atoms with van der Waals surface area (Å²) in [5.41, 5.74) is 4.34. The van der Waals surface area contributed by atoms with Gasteiger partial charge in [0.15, 0.2) is 11.5 Å². The molecule has 0 aliphatic carbocycles. The fourth-order valence-electron chi connectivity index (χ4n) is 4.09. The Morgan fingerprint density at radius 3 is 2.26 bits per heavy atom. The number of anilines is 1. The molecule has 11 heteroatoms. The lowest BCUT2D eigenvalue weighted by atomic mass is 10.2. The molecule has 0 aromatic heterocycles. The van der Waals surface area contributed by atoms with Gasteiger partial charge in [-0.15, -0.1) is 0 Å². The van der Waals surface area contributed by atoms with Crippen LogP contribution >= 0.6 is 11.6 Å². The smallest absolute Gasteiger partial charge is 0.263 e. The third-order valence-corrected chi connectivity index (χ3v) is 7.62. The van der Waals surface area contributed by atoms with Crippen LogP contribution < -0.4 is 23.9 Å². The molecule has 0 saturated carbocycles. The number of hydrogen-bond acceptors (Lipinski definition) is 7. The topological polar surface area (TPSA) is 107 Å². The minimum absolute atomic E-state index is 0.310. The Morgan fingerprint density at radius 2 is 1.60 bits per heavy atom. The number of para-hydroxylation sites is 1. The Labute approximate surface area is 256 Å². The van der Waals surface area contributed by atoms with Crippen LogP contribution in [0.15, 0.2) is 102 Å². The van der Waals surface area contributed by atoms with Gasteiger partial charge in [0.2, 0.25) is 10.0 Å². The predicted molar refractivity (Wildman–Crippen MR) is 169 cm³/mol. The molecule has 4 aromatic carbocycles. The highest BCUT2D eigenvalue weighted by atomic mass is 35.5. The van der Waals surface area contributed by atoms with E-state index in [1.54, 1.807) is 54.6 Å². The van der Waals surface area contributed by atoms with Gasteiger partial charge < -0.3 is 14.2 Å². The molecule has 0 fully saturated rings. The SMILES string of the molecule is CCOc1cc(/C=N\NC(=O)[C@H](C)N(c2ccc(Oc3ccccc3)cc2)S(C)(=O)=O)ccc1OCc1ccc(Cl)cc1. The van der Waals surface area contributed by atoms with Crippen LogP contribution in [0.5, 0.6) is 23.0 Å². The largest absolute Gasteiger partial charge is 0.490 e. The van der Waals surface area contributed by atoms with E-state index in [1.165, 1.54) is 13.1 Å². The maximum absolute atomic E-state index is 13.0. The summed E-state index contributed by atoms with van der Waals surface area (Å²) >= 11 is 5.95. The maximum Gasteiger partial charge on any atom is 0.263 e. The van der Waals surface area contributed by atoms with Crippen molar-refractivity contribution < 1.29 is 27.4 Å². The molecule has 0 aliphatic rings. The molecule has 0 radical (unpaired) electrons. The quantitative estimate of drug-likeness (QED) is 0.136. The number of amides is 1. The zero-order valence-corrected chi connectivity index (χ0v) is 25.5. The highest BCUT2D eigenvalue weighted by molar-refractivity contribution is 7.92. The average molecular weight is 622 g/mol. The molecular formula is C32H32ClN3O6S. The van der Waals surface area contributed by atoms with Gasteiger partial charge in [-0.25, -0.2) is 13.8 Å². The minimum atomic E-state index is -3.81. The zero-order valence-electron chi connectivity index (χ0n) is 23.9. The van der Waals surface area contributed by atoms with Gasteiger partial charge in [-0.2, -0.15) is 5.10 Å². The van der Waals surface area contributed by atoms with Gasteiger partial charge >= 0.3 is 0 Å². The predicted octanol–water partition coefficient (Wildman–Crippen LogP) is 6.41. The molecule has 0 aliphatic heterocycles. The third kappa shape index (κ3) is 8.97. The number of benzene rings is 4. The van der Waals surface area contributed by atoms with E-state index < -0.39 is 22.0 Å². The molecule has 0 unspecified atom stereocenters. The molecule has 1 amide bonds. The molecule has 224 valence electrons. The van der Waals surface area contributed by atoms with Gasteiger partial charge in [-0.05, 0) is 91.7 Å². The summed E-state index contributed by atoms with van der Waals surface area (Å²) in [6, 6.07) is 27.2. The van der Waals surface area contributed by atoms with E-state index in [9.17, 15) is 13.2 Å². The van der Waals surface area contributed by atoms with Crippen LogP contribution in [0, 0.1) is 0 Å². The monoisotopic (exact) mass is 621 g/mol. The summed E-state index contributed by atoms with van der Waals surface area (Å²) < 4.78 is 43.8. The highest BCUT2D eigenvalue weighted by Gasteiger charge is 2.29. The second-order valence-electron chi connectivity index (χ2n) is 9.43. The molecule has 0 saturated heterocycles. The molecule has 4 aromatic rings. The van der Waals surface area contributed by atoms with Gasteiger partial charge in [0.05, 0.1) is 24.8 Å². The Morgan fingerprint density at radius 1 is 0.930 bits per heavy atom. The Hall–Kier alpha value is -4.54. The molecule has 0 spiro atoms. The van der Waals surface area contributed by atoms with E-state index in [0.29, 0.717) is 52.5 Å². The molecule has 0 bridgehead atoms. The molecule has 1 atom stereocenters. The first-order valence-electron chi connectivity index (χ1n) is 13.4. The minimum Gasteiger partial charge on any atom is -0.490 e. The molecule has 1 N–H and O–H groups in total. The van der Waals surface area contributed by atoms with Crippen LogP contribution in [-0.2, 0) is 21.4 Å². The number of hydrazone groups is 1. The van der Waals surface area contributed by atoms with Crippen LogP contribution in [0.3, 0.4) is 0 Å². The van der Waals surface area contributed by atoms with Crippen LogP contribution in [0.25, 0.3) is 0 Å². The van der Waals surface area contributed by atoms with Gasteiger partial charge in [0.25, 0.3) is 5.91 Å². The number of sulfonamides is 1. The first-order chi connectivity index (χ1) is 20.6. The fraction of sp³-hybridized carbons (Fsp3) is 0.188. The first kappa shape index (κ1) is 31.4. The van der Waals surface area contributed by atoms with Crippen molar-refractivity contribution in [3.05, 3.63) is 113 Å². The summed E-state index contributed by atoms with van der Waals surface area (Å²) in [6.07, 6.45) is 2.48. The lowest BCUT2D eigenvalue weighted by Crippen LogP contribution is -2.46. The lowest BCUT2D eigenvalue weighted by Gasteiger charge is -2.27. The summed E-state index contributed by atoms with van der Waals surface area (Å²) in [6.45, 7) is 4.11. The van der Waals surface area contributed by atoms with Crippen molar-refractivity contribution in [2.45, 2.75) is 26.5 Å². The molecule has 0 heterocycles. The molecule has 9 nitrogen and oxygen atoms in total. The Balaban J connectivity index is 1.41. The number of hydrogen-bond donors (Lipinski definition) is 1. The molecule has 43 heavy (non-hydrogen) atoms. The Bertz CT molecular complexity index is 1650. The Kier molecular flexibility index (Phi) is 10.6. The van der Waals surface area contributed by atoms with E-state index >= 15 is 0 Å². The van der Waals surface area contributed by atoms with Crippen molar-refractivity contribution in [3.8, 4) is 23.0 Å². The van der Waals surface area contributed by atoms with Gasteiger partial charge in [-0.3, -0.25) is 9.10 Å². The van der Waals surface area contributed by atoms with Crippen molar-refractivity contribution in [2.24, 2.45) is 5.10 Å². The van der Waals surface area contributed by atoms with Crippen LogP contribution in [0.1, 0.15) is 25.0 Å². The number of nitrogens with zero attached hydrogens (tertiary/aromatic N) is 2. The van der Waals surface area contributed by atoms with Crippen LogP contribution in [-0.4, -0.2) is 39.4 Å². The fourth-order valence-corrected chi connectivity index (χ4v) is 5.39. The third-order valence-electron chi connectivity index (χ3n) is 6.12. The van der Waals surface area contributed by atoms with E-state index in [0.717, 1.165) is 16.1 Å². The van der Waals surface area contributed by atoms with Crippen molar-refractivity contribution in [3.63, 3.8) is 0 Å². The summed E-state index contributed by atoms with van der Waals surface area (Å²) in [5, 5.41) is 4.69. The number of rotatable bonds is 13. The molecular weight excluding hydrogens is 590 g/mol. The van der Waals surface area contributed by atoms with Gasteiger partial charge in [0, 0.05) is 5.02 Å². The zero-order chi connectivity index (χ0) is 30.8. The van der Waals surface area contributed by atoms with Crippen molar-refractivity contribution in [1.82, 2.24) is 5.43 Å². The second kappa shape index (κ2) is 14.6. The van der Waals surface area contributed by atoms with E-state index in [-0.39, 0.29) is 0 Å².